The Morgan fingerprint density at radius 3 is 2.85 bits per heavy atom. The summed E-state index contributed by atoms with van der Waals surface area (Å²) in [5.41, 5.74) is 1.76. The van der Waals surface area contributed by atoms with Gasteiger partial charge in [0.25, 0.3) is 0 Å². The standard InChI is InChI=1S/C15H23NO3S/c1-15(2,3)19-14(18)16(4)11-5-6-13-12(7-11)10(8-17)9-20-13/h9,11,17H,5-8H2,1-4H3. The highest BCUT2D eigenvalue weighted by Crippen LogP contribution is 2.32. The Hall–Kier alpha value is -1.07. The fourth-order valence-electron chi connectivity index (χ4n) is 2.50. The van der Waals surface area contributed by atoms with Gasteiger partial charge in [-0.3, -0.25) is 0 Å². The highest BCUT2D eigenvalue weighted by molar-refractivity contribution is 7.10. The summed E-state index contributed by atoms with van der Waals surface area (Å²) < 4.78 is 5.42. The zero-order chi connectivity index (χ0) is 14.9. The molecule has 0 bridgehead atoms. The second-order valence-electron chi connectivity index (χ2n) is 6.31. The lowest BCUT2D eigenvalue weighted by Gasteiger charge is -2.33. The summed E-state index contributed by atoms with van der Waals surface area (Å²) in [5.74, 6) is 0. The van der Waals surface area contributed by atoms with Gasteiger partial charge in [0, 0.05) is 18.0 Å². The topological polar surface area (TPSA) is 49.8 Å². The van der Waals surface area contributed by atoms with Gasteiger partial charge in [0.1, 0.15) is 5.60 Å². The molecule has 0 saturated carbocycles. The summed E-state index contributed by atoms with van der Waals surface area (Å²) >= 11 is 1.71. The Kier molecular flexibility index (Phi) is 4.39. The highest BCUT2D eigenvalue weighted by Gasteiger charge is 2.30. The first-order chi connectivity index (χ1) is 9.31. The summed E-state index contributed by atoms with van der Waals surface area (Å²) in [6, 6.07) is 0.150. The van der Waals surface area contributed by atoms with Crippen LogP contribution in [0.2, 0.25) is 0 Å². The molecule has 0 aliphatic heterocycles. The number of amides is 1. The van der Waals surface area contributed by atoms with Crippen LogP contribution in [0.25, 0.3) is 0 Å². The lowest BCUT2D eigenvalue weighted by Crippen LogP contribution is -2.43. The van der Waals surface area contributed by atoms with E-state index in [9.17, 15) is 9.90 Å². The number of aliphatic hydroxyl groups is 1. The van der Waals surface area contributed by atoms with Crippen LogP contribution in [0.15, 0.2) is 5.38 Å². The van der Waals surface area contributed by atoms with Crippen molar-refractivity contribution in [2.24, 2.45) is 0 Å². The van der Waals surface area contributed by atoms with Crippen molar-refractivity contribution in [3.05, 3.63) is 21.4 Å². The zero-order valence-electron chi connectivity index (χ0n) is 12.6. The van der Waals surface area contributed by atoms with E-state index in [-0.39, 0.29) is 18.7 Å². The van der Waals surface area contributed by atoms with E-state index in [1.165, 1.54) is 10.4 Å². The van der Waals surface area contributed by atoms with Gasteiger partial charge in [0.2, 0.25) is 0 Å². The molecule has 1 N–H and O–H groups in total. The minimum absolute atomic E-state index is 0.0781. The average molecular weight is 297 g/mol. The van der Waals surface area contributed by atoms with Crippen molar-refractivity contribution in [3.63, 3.8) is 0 Å². The number of likely N-dealkylation sites (N-methyl/N-ethyl adjacent to an activating group) is 1. The molecule has 1 amide bonds. The zero-order valence-corrected chi connectivity index (χ0v) is 13.4. The van der Waals surface area contributed by atoms with Crippen molar-refractivity contribution in [1.82, 2.24) is 4.90 Å². The number of nitrogens with zero attached hydrogens (tertiary/aromatic N) is 1. The molecule has 1 aromatic heterocycles. The number of ether oxygens (including phenoxy) is 1. The summed E-state index contributed by atoms with van der Waals surface area (Å²) in [4.78, 5) is 15.2. The van der Waals surface area contributed by atoms with Crippen LogP contribution in [0.1, 0.15) is 43.2 Å². The van der Waals surface area contributed by atoms with Crippen molar-refractivity contribution in [2.45, 2.75) is 58.3 Å². The number of carbonyl (C=O) groups excluding carboxylic acids is 1. The van der Waals surface area contributed by atoms with Crippen LogP contribution >= 0.6 is 11.3 Å². The Morgan fingerprint density at radius 2 is 2.25 bits per heavy atom. The van der Waals surface area contributed by atoms with E-state index in [1.54, 1.807) is 23.3 Å². The second-order valence-corrected chi connectivity index (χ2v) is 7.27. The van der Waals surface area contributed by atoms with Gasteiger partial charge in [0.05, 0.1) is 6.61 Å². The number of hydrogen-bond acceptors (Lipinski definition) is 4. The molecule has 20 heavy (non-hydrogen) atoms. The molecule has 1 heterocycles. The molecule has 0 spiro atoms. The van der Waals surface area contributed by atoms with Gasteiger partial charge in [0.15, 0.2) is 0 Å². The molecule has 1 aromatic rings. The maximum atomic E-state index is 12.1. The van der Waals surface area contributed by atoms with E-state index in [0.717, 1.165) is 24.8 Å². The molecule has 112 valence electrons. The summed E-state index contributed by atoms with van der Waals surface area (Å²) in [7, 11) is 1.80. The first kappa shape index (κ1) is 15.3. The van der Waals surface area contributed by atoms with Gasteiger partial charge in [-0.1, -0.05) is 0 Å². The Balaban J connectivity index is 2.06. The Bertz CT molecular complexity index is 476. The number of thiophene rings is 1. The molecule has 1 atom stereocenters. The molecule has 0 saturated heterocycles. The molecule has 0 aromatic carbocycles. The van der Waals surface area contributed by atoms with Crippen LogP contribution in [-0.4, -0.2) is 34.8 Å². The molecule has 0 radical (unpaired) electrons. The van der Waals surface area contributed by atoms with Crippen LogP contribution in [0.5, 0.6) is 0 Å². The third-order valence-electron chi connectivity index (χ3n) is 3.61. The van der Waals surface area contributed by atoms with Gasteiger partial charge in [-0.25, -0.2) is 4.79 Å². The predicted octanol–water partition coefficient (Wildman–Crippen LogP) is 2.96. The maximum Gasteiger partial charge on any atom is 0.410 e. The molecule has 1 unspecified atom stereocenters. The summed E-state index contributed by atoms with van der Waals surface area (Å²) in [5, 5.41) is 11.4. The SMILES string of the molecule is CN(C(=O)OC(C)(C)C)C1CCc2scc(CO)c2C1. The first-order valence-corrected chi connectivity index (χ1v) is 7.84. The quantitative estimate of drug-likeness (QED) is 0.913. The summed E-state index contributed by atoms with van der Waals surface area (Å²) in [6.07, 6.45) is 2.46. The monoisotopic (exact) mass is 297 g/mol. The average Bonchev–Trinajstić information content (AvgIpc) is 2.77. The second kappa shape index (κ2) is 5.74. The number of aryl methyl sites for hydroxylation is 1. The van der Waals surface area contributed by atoms with Crippen molar-refractivity contribution in [2.75, 3.05) is 7.05 Å². The number of aliphatic hydroxyl groups excluding tert-OH is 1. The Morgan fingerprint density at radius 1 is 1.55 bits per heavy atom. The van der Waals surface area contributed by atoms with Gasteiger partial charge in [-0.15, -0.1) is 11.3 Å². The van der Waals surface area contributed by atoms with E-state index in [1.807, 2.05) is 26.2 Å². The van der Waals surface area contributed by atoms with E-state index in [0.29, 0.717) is 0 Å². The van der Waals surface area contributed by atoms with Crippen molar-refractivity contribution in [1.29, 1.82) is 0 Å². The molecule has 1 aliphatic carbocycles. The fourth-order valence-corrected chi connectivity index (χ4v) is 3.59. The largest absolute Gasteiger partial charge is 0.444 e. The predicted molar refractivity (Wildman–Crippen MR) is 80.1 cm³/mol. The first-order valence-electron chi connectivity index (χ1n) is 6.96. The lowest BCUT2D eigenvalue weighted by atomic mass is 9.91. The van der Waals surface area contributed by atoms with E-state index in [4.69, 9.17) is 4.74 Å². The normalized spacial score (nSPS) is 18.6. The van der Waals surface area contributed by atoms with Gasteiger partial charge < -0.3 is 14.7 Å². The number of fused-ring (bicyclic) bond motifs is 1. The molecular weight excluding hydrogens is 274 g/mol. The maximum absolute atomic E-state index is 12.1. The minimum Gasteiger partial charge on any atom is -0.444 e. The molecule has 5 heteroatoms. The van der Waals surface area contributed by atoms with Crippen LogP contribution in [0.3, 0.4) is 0 Å². The van der Waals surface area contributed by atoms with Gasteiger partial charge >= 0.3 is 6.09 Å². The van der Waals surface area contributed by atoms with Crippen molar-refractivity contribution in [3.8, 4) is 0 Å². The third-order valence-corrected chi connectivity index (χ3v) is 4.75. The number of hydrogen-bond donors (Lipinski definition) is 1. The molecule has 2 rings (SSSR count). The van der Waals surface area contributed by atoms with E-state index >= 15 is 0 Å². The van der Waals surface area contributed by atoms with E-state index in [2.05, 4.69) is 0 Å². The molecular formula is C15H23NO3S. The fraction of sp³-hybridized carbons (Fsp3) is 0.667. The highest BCUT2D eigenvalue weighted by atomic mass is 32.1. The molecule has 1 aliphatic rings. The number of carbonyl (C=O) groups is 1. The molecule has 0 fully saturated rings. The van der Waals surface area contributed by atoms with Gasteiger partial charge in [-0.05, 0) is 56.5 Å². The van der Waals surface area contributed by atoms with Gasteiger partial charge in [-0.2, -0.15) is 0 Å². The summed E-state index contributed by atoms with van der Waals surface area (Å²) in [6.45, 7) is 5.70. The van der Waals surface area contributed by atoms with Crippen LogP contribution in [-0.2, 0) is 24.2 Å². The van der Waals surface area contributed by atoms with E-state index < -0.39 is 5.60 Å². The van der Waals surface area contributed by atoms with Crippen LogP contribution in [0.4, 0.5) is 4.79 Å². The van der Waals surface area contributed by atoms with Crippen LogP contribution in [0, 0.1) is 0 Å². The van der Waals surface area contributed by atoms with Crippen LogP contribution < -0.4 is 0 Å². The molecule has 4 nitrogen and oxygen atoms in total. The number of rotatable bonds is 2. The van der Waals surface area contributed by atoms with Crippen molar-refractivity contribution < 1.29 is 14.6 Å². The smallest absolute Gasteiger partial charge is 0.410 e. The third kappa shape index (κ3) is 3.33. The van der Waals surface area contributed by atoms with Crippen molar-refractivity contribution >= 4 is 17.4 Å². The Labute approximate surface area is 124 Å². The minimum atomic E-state index is -0.468. The lowest BCUT2D eigenvalue weighted by molar-refractivity contribution is 0.0210.